The first-order valence-electron chi connectivity index (χ1n) is 13.7. The lowest BCUT2D eigenvalue weighted by atomic mass is 9.93. The maximum atomic E-state index is 13.8. The zero-order chi connectivity index (χ0) is 29.6. The van der Waals surface area contributed by atoms with Gasteiger partial charge in [-0.05, 0) is 73.0 Å². The third-order valence-corrected chi connectivity index (χ3v) is 7.44. The number of rotatable bonds is 9. The molecule has 4 aromatic rings. The lowest BCUT2D eigenvalue weighted by Gasteiger charge is -2.27. The van der Waals surface area contributed by atoms with Gasteiger partial charge in [0.25, 0.3) is 11.8 Å². The fourth-order valence-electron chi connectivity index (χ4n) is 4.70. The van der Waals surface area contributed by atoms with E-state index in [1.165, 1.54) is 0 Å². The number of ether oxygens (including phenoxy) is 1. The molecule has 42 heavy (non-hydrogen) atoms. The lowest BCUT2D eigenvalue weighted by molar-refractivity contribution is -0.141. The number of halogens is 1. The summed E-state index contributed by atoms with van der Waals surface area (Å²) in [5, 5.41) is 15.2. The van der Waals surface area contributed by atoms with Crippen molar-refractivity contribution in [2.75, 3.05) is 6.61 Å². The number of carbonyl (C=O) groups excluding carboxylic acids is 2. The molecule has 0 radical (unpaired) electrons. The van der Waals surface area contributed by atoms with Crippen LogP contribution < -0.4 is 4.74 Å². The average molecular weight is 577 g/mol. The van der Waals surface area contributed by atoms with Crippen molar-refractivity contribution in [3.63, 3.8) is 0 Å². The molecule has 210 valence electrons. The maximum Gasteiger partial charge on any atom is 0.271 e. The highest BCUT2D eigenvalue weighted by Gasteiger charge is 2.36. The Morgan fingerprint density at radius 3 is 2.38 bits per heavy atom. The highest BCUT2D eigenvalue weighted by Crippen LogP contribution is 2.33. The number of nitrogens with zero attached hydrogens (tertiary/aromatic N) is 4. The molecule has 8 heteroatoms. The Morgan fingerprint density at radius 2 is 1.69 bits per heavy atom. The minimum atomic E-state index is -0.643. The van der Waals surface area contributed by atoms with Crippen molar-refractivity contribution < 1.29 is 14.3 Å². The summed E-state index contributed by atoms with van der Waals surface area (Å²) in [6.07, 6.45) is 5.57. The number of para-hydroxylation sites is 1. The van der Waals surface area contributed by atoms with E-state index in [-0.39, 0.29) is 17.7 Å². The van der Waals surface area contributed by atoms with Gasteiger partial charge in [-0.2, -0.15) is 10.4 Å². The van der Waals surface area contributed by atoms with Crippen molar-refractivity contribution in [2.45, 2.75) is 33.2 Å². The Labute approximate surface area is 249 Å². The van der Waals surface area contributed by atoms with Crippen molar-refractivity contribution in [2.24, 2.45) is 0 Å². The second kappa shape index (κ2) is 12.7. The van der Waals surface area contributed by atoms with Gasteiger partial charge in [-0.15, -0.1) is 0 Å². The van der Waals surface area contributed by atoms with Gasteiger partial charge < -0.3 is 4.74 Å². The number of benzene rings is 3. The molecule has 3 aromatic carbocycles. The first kappa shape index (κ1) is 28.6. The molecule has 1 aromatic heterocycles. The SMILES string of the molecule is CCCCOc1ccc(-c2nn(-c3ccccc3)cc2/C=C2/C(=O)N(Cc3ccccc3Cl)C(=O)C(C#N)=C2C)cc1. The summed E-state index contributed by atoms with van der Waals surface area (Å²) in [6.45, 7) is 4.33. The van der Waals surface area contributed by atoms with Crippen molar-refractivity contribution in [3.8, 4) is 28.8 Å². The van der Waals surface area contributed by atoms with Crippen LogP contribution in [0, 0.1) is 11.3 Å². The predicted molar refractivity (Wildman–Crippen MR) is 163 cm³/mol. The Kier molecular flexibility index (Phi) is 8.66. The number of amides is 2. The van der Waals surface area contributed by atoms with Gasteiger partial charge in [-0.3, -0.25) is 14.5 Å². The Hall–Kier alpha value is -4.93. The zero-order valence-electron chi connectivity index (χ0n) is 23.4. The van der Waals surface area contributed by atoms with Gasteiger partial charge in [0.05, 0.1) is 24.5 Å². The van der Waals surface area contributed by atoms with Gasteiger partial charge in [-0.1, -0.05) is 61.3 Å². The molecule has 0 saturated carbocycles. The van der Waals surface area contributed by atoms with Crippen LogP contribution in [0.15, 0.2) is 102 Å². The summed E-state index contributed by atoms with van der Waals surface area (Å²) in [7, 11) is 0. The number of hydrogen-bond acceptors (Lipinski definition) is 5. The number of imide groups is 1. The van der Waals surface area contributed by atoms with Crippen molar-refractivity contribution in [1.29, 1.82) is 5.26 Å². The Balaban J connectivity index is 1.59. The minimum Gasteiger partial charge on any atom is -0.494 e. The largest absolute Gasteiger partial charge is 0.494 e. The topological polar surface area (TPSA) is 88.2 Å². The van der Waals surface area contributed by atoms with Gasteiger partial charge in [0.1, 0.15) is 17.4 Å². The third-order valence-electron chi connectivity index (χ3n) is 7.07. The smallest absolute Gasteiger partial charge is 0.271 e. The first-order chi connectivity index (χ1) is 20.4. The van der Waals surface area contributed by atoms with E-state index in [4.69, 9.17) is 21.4 Å². The number of nitriles is 1. The van der Waals surface area contributed by atoms with Crippen molar-refractivity contribution in [3.05, 3.63) is 118 Å². The third kappa shape index (κ3) is 5.90. The molecule has 1 aliphatic heterocycles. The molecule has 0 spiro atoms. The quantitative estimate of drug-likeness (QED) is 0.120. The van der Waals surface area contributed by atoms with E-state index in [1.54, 1.807) is 41.9 Å². The number of carbonyl (C=O) groups is 2. The average Bonchev–Trinajstić information content (AvgIpc) is 3.43. The second-order valence-corrected chi connectivity index (χ2v) is 10.3. The number of aromatic nitrogens is 2. The lowest BCUT2D eigenvalue weighted by Crippen LogP contribution is -2.42. The molecule has 0 unspecified atom stereocenters. The van der Waals surface area contributed by atoms with Crippen molar-refractivity contribution >= 4 is 29.5 Å². The van der Waals surface area contributed by atoms with E-state index in [9.17, 15) is 14.9 Å². The van der Waals surface area contributed by atoms with E-state index >= 15 is 0 Å². The standard InChI is InChI=1S/C34H29ClN4O3/c1-3-4-18-42-28-16-14-24(15-17-28)32-26(22-39(37-32)27-11-6-5-7-12-27)19-29-23(2)30(20-36)34(41)38(33(29)40)21-25-10-8-9-13-31(25)35/h5-17,19,22H,3-4,18,21H2,1-2H3/b29-19+. The highest BCUT2D eigenvalue weighted by atomic mass is 35.5. The van der Waals surface area contributed by atoms with Gasteiger partial charge in [0.15, 0.2) is 0 Å². The second-order valence-electron chi connectivity index (χ2n) is 9.90. The zero-order valence-corrected chi connectivity index (χ0v) is 24.1. The van der Waals surface area contributed by atoms with Crippen LogP contribution in [-0.4, -0.2) is 33.1 Å². The first-order valence-corrected chi connectivity index (χ1v) is 14.1. The van der Waals surface area contributed by atoms with Gasteiger partial charge in [0.2, 0.25) is 0 Å². The number of unbranched alkanes of at least 4 members (excludes halogenated alkanes) is 1. The fourth-order valence-corrected chi connectivity index (χ4v) is 4.89. The van der Waals surface area contributed by atoms with E-state index in [0.717, 1.165) is 34.7 Å². The van der Waals surface area contributed by atoms with E-state index in [0.29, 0.717) is 34.0 Å². The molecule has 0 saturated heterocycles. The Morgan fingerprint density at radius 1 is 0.976 bits per heavy atom. The van der Waals surface area contributed by atoms with Crippen LogP contribution in [0.5, 0.6) is 5.75 Å². The molecule has 0 atom stereocenters. The van der Waals surface area contributed by atoms with E-state index in [1.807, 2.05) is 66.9 Å². The summed E-state index contributed by atoms with van der Waals surface area (Å²) >= 11 is 6.34. The van der Waals surface area contributed by atoms with E-state index in [2.05, 4.69) is 6.92 Å². The molecular weight excluding hydrogens is 548 g/mol. The van der Waals surface area contributed by atoms with Crippen LogP contribution in [0.2, 0.25) is 5.02 Å². The molecule has 0 fully saturated rings. The molecular formula is C34H29ClN4O3. The molecule has 0 aliphatic carbocycles. The van der Waals surface area contributed by atoms with Crippen LogP contribution in [0.4, 0.5) is 0 Å². The monoisotopic (exact) mass is 576 g/mol. The van der Waals surface area contributed by atoms with Crippen LogP contribution in [-0.2, 0) is 16.1 Å². The minimum absolute atomic E-state index is 0.0528. The fraction of sp³-hybridized carbons (Fsp3) is 0.176. The summed E-state index contributed by atoms with van der Waals surface area (Å²) in [5.74, 6) is -0.381. The maximum absolute atomic E-state index is 13.8. The summed E-state index contributed by atoms with van der Waals surface area (Å²) < 4.78 is 7.58. The Bertz CT molecular complexity index is 1730. The van der Waals surface area contributed by atoms with Gasteiger partial charge >= 0.3 is 0 Å². The van der Waals surface area contributed by atoms with Crippen LogP contribution in [0.25, 0.3) is 23.0 Å². The molecule has 0 bridgehead atoms. The molecule has 2 heterocycles. The van der Waals surface area contributed by atoms with Crippen LogP contribution in [0.3, 0.4) is 0 Å². The van der Waals surface area contributed by atoms with Crippen molar-refractivity contribution in [1.82, 2.24) is 14.7 Å². The van der Waals surface area contributed by atoms with Crippen LogP contribution >= 0.6 is 11.6 Å². The van der Waals surface area contributed by atoms with Gasteiger partial charge in [-0.25, -0.2) is 4.68 Å². The summed E-state index contributed by atoms with van der Waals surface area (Å²) in [6, 6.07) is 26.3. The van der Waals surface area contributed by atoms with E-state index < -0.39 is 11.8 Å². The normalized spacial score (nSPS) is 14.4. The summed E-state index contributed by atoms with van der Waals surface area (Å²) in [5.41, 5.74) is 4.06. The molecule has 7 nitrogen and oxygen atoms in total. The highest BCUT2D eigenvalue weighted by molar-refractivity contribution is 6.31. The molecule has 0 N–H and O–H groups in total. The molecule has 1 aliphatic rings. The van der Waals surface area contributed by atoms with Crippen LogP contribution in [0.1, 0.15) is 37.8 Å². The van der Waals surface area contributed by atoms with Gasteiger partial charge in [0, 0.05) is 27.9 Å². The summed E-state index contributed by atoms with van der Waals surface area (Å²) in [4.78, 5) is 28.1. The molecule has 2 amide bonds. The number of hydrogen-bond donors (Lipinski definition) is 0. The predicted octanol–water partition coefficient (Wildman–Crippen LogP) is 7.16. The molecule has 5 rings (SSSR count).